The fraction of sp³-hybridized carbons (Fsp3) is 0.727. The van der Waals surface area contributed by atoms with Crippen molar-refractivity contribution < 1.29 is 4.79 Å². The Morgan fingerprint density at radius 2 is 2.12 bits per heavy atom. The zero-order chi connectivity index (χ0) is 13.1. The molecular formula is C11H21N5O. The Kier molecular flexibility index (Phi) is 4.22. The summed E-state index contributed by atoms with van der Waals surface area (Å²) in [5, 5.41) is 9.31. The van der Waals surface area contributed by atoms with E-state index in [1.54, 1.807) is 6.92 Å². The van der Waals surface area contributed by atoms with E-state index >= 15 is 0 Å². The molecule has 0 radical (unpaired) electrons. The van der Waals surface area contributed by atoms with Crippen LogP contribution in [0.2, 0.25) is 0 Å². The lowest BCUT2D eigenvalue weighted by Gasteiger charge is -2.28. The molecular weight excluding hydrogens is 218 g/mol. The Balaban J connectivity index is 2.48. The monoisotopic (exact) mass is 239 g/mol. The van der Waals surface area contributed by atoms with E-state index in [0.29, 0.717) is 12.4 Å². The molecule has 6 nitrogen and oxygen atoms in total. The fourth-order valence-corrected chi connectivity index (χ4v) is 1.75. The van der Waals surface area contributed by atoms with Crippen LogP contribution >= 0.6 is 0 Å². The molecule has 0 fully saturated rings. The number of amides is 1. The zero-order valence-electron chi connectivity index (χ0n) is 11.2. The summed E-state index contributed by atoms with van der Waals surface area (Å²) in [6.07, 6.45) is 0. The van der Waals surface area contributed by atoms with Crippen molar-refractivity contribution in [3.8, 4) is 0 Å². The predicted octanol–water partition coefficient (Wildman–Crippen LogP) is 0.431. The SMILES string of the molecule is Cc1nc(C(=O)NCC(C)(C)CN(C)C)n[nH]1. The highest BCUT2D eigenvalue weighted by atomic mass is 16.2. The standard InChI is InChI=1S/C11H21N5O/c1-8-13-9(15-14-8)10(17)12-6-11(2,3)7-16(4)5/h6-7H2,1-5H3,(H,12,17)(H,13,14,15). The Labute approximate surface area is 102 Å². The molecule has 96 valence electrons. The van der Waals surface area contributed by atoms with Gasteiger partial charge in [0.05, 0.1) is 0 Å². The van der Waals surface area contributed by atoms with Crippen LogP contribution in [0.5, 0.6) is 0 Å². The number of carbonyl (C=O) groups excluding carboxylic acids is 1. The van der Waals surface area contributed by atoms with Crippen molar-refractivity contribution in [3.05, 3.63) is 11.6 Å². The van der Waals surface area contributed by atoms with Crippen molar-refractivity contribution in [2.24, 2.45) is 5.41 Å². The first-order chi connectivity index (χ1) is 7.80. The van der Waals surface area contributed by atoms with Crippen molar-refractivity contribution in [1.82, 2.24) is 25.4 Å². The molecule has 0 atom stereocenters. The average Bonchev–Trinajstić information content (AvgIpc) is 2.59. The molecule has 1 aromatic rings. The van der Waals surface area contributed by atoms with Crippen LogP contribution in [0.25, 0.3) is 0 Å². The van der Waals surface area contributed by atoms with Gasteiger partial charge in [0.15, 0.2) is 0 Å². The second kappa shape index (κ2) is 5.27. The maximum atomic E-state index is 11.7. The fourth-order valence-electron chi connectivity index (χ4n) is 1.75. The molecule has 0 bridgehead atoms. The number of carbonyl (C=O) groups is 1. The van der Waals surface area contributed by atoms with Gasteiger partial charge in [-0.25, -0.2) is 4.98 Å². The van der Waals surface area contributed by atoms with E-state index in [9.17, 15) is 4.79 Å². The van der Waals surface area contributed by atoms with Crippen LogP contribution in [0.15, 0.2) is 0 Å². The highest BCUT2D eigenvalue weighted by Crippen LogP contribution is 2.14. The first kappa shape index (κ1) is 13.6. The van der Waals surface area contributed by atoms with Gasteiger partial charge in [-0.05, 0) is 26.4 Å². The van der Waals surface area contributed by atoms with Crippen LogP contribution in [-0.4, -0.2) is 53.2 Å². The zero-order valence-corrected chi connectivity index (χ0v) is 11.2. The summed E-state index contributed by atoms with van der Waals surface area (Å²) < 4.78 is 0. The number of aromatic amines is 1. The smallest absolute Gasteiger partial charge is 0.290 e. The van der Waals surface area contributed by atoms with Crippen molar-refractivity contribution in [3.63, 3.8) is 0 Å². The van der Waals surface area contributed by atoms with E-state index in [-0.39, 0.29) is 17.1 Å². The first-order valence-corrected chi connectivity index (χ1v) is 5.62. The second-order valence-corrected chi connectivity index (χ2v) is 5.33. The number of H-pyrrole nitrogens is 1. The molecule has 0 aliphatic carbocycles. The summed E-state index contributed by atoms with van der Waals surface area (Å²) in [4.78, 5) is 17.8. The minimum atomic E-state index is -0.235. The molecule has 1 heterocycles. The van der Waals surface area contributed by atoms with E-state index in [0.717, 1.165) is 6.54 Å². The molecule has 1 aromatic heterocycles. The molecule has 1 rings (SSSR count). The van der Waals surface area contributed by atoms with Gasteiger partial charge in [0.1, 0.15) is 5.82 Å². The van der Waals surface area contributed by atoms with E-state index in [4.69, 9.17) is 0 Å². The van der Waals surface area contributed by atoms with Gasteiger partial charge >= 0.3 is 0 Å². The van der Waals surface area contributed by atoms with Crippen molar-refractivity contribution in [1.29, 1.82) is 0 Å². The average molecular weight is 239 g/mol. The number of aryl methyl sites for hydroxylation is 1. The molecule has 2 N–H and O–H groups in total. The van der Waals surface area contributed by atoms with Crippen LogP contribution in [-0.2, 0) is 0 Å². The second-order valence-electron chi connectivity index (χ2n) is 5.33. The van der Waals surface area contributed by atoms with Gasteiger partial charge in [-0.1, -0.05) is 13.8 Å². The molecule has 0 aliphatic rings. The number of hydrogen-bond donors (Lipinski definition) is 2. The Morgan fingerprint density at radius 3 is 2.59 bits per heavy atom. The number of rotatable bonds is 5. The lowest BCUT2D eigenvalue weighted by molar-refractivity contribution is 0.0919. The molecule has 0 aromatic carbocycles. The summed E-state index contributed by atoms with van der Waals surface area (Å²) in [5.41, 5.74) is 0.0184. The summed E-state index contributed by atoms with van der Waals surface area (Å²) in [5.74, 6) is 0.604. The molecule has 0 saturated heterocycles. The molecule has 0 saturated carbocycles. The normalized spacial score (nSPS) is 11.9. The summed E-state index contributed by atoms with van der Waals surface area (Å²) in [7, 11) is 4.03. The first-order valence-electron chi connectivity index (χ1n) is 5.62. The summed E-state index contributed by atoms with van der Waals surface area (Å²) >= 11 is 0. The van der Waals surface area contributed by atoms with Crippen molar-refractivity contribution in [2.75, 3.05) is 27.2 Å². The highest BCUT2D eigenvalue weighted by Gasteiger charge is 2.21. The van der Waals surface area contributed by atoms with Crippen molar-refractivity contribution >= 4 is 5.91 Å². The maximum Gasteiger partial charge on any atom is 0.290 e. The topological polar surface area (TPSA) is 73.9 Å². The van der Waals surface area contributed by atoms with Gasteiger partial charge in [0.25, 0.3) is 5.91 Å². The number of aromatic nitrogens is 3. The van der Waals surface area contributed by atoms with Crippen LogP contribution in [0.1, 0.15) is 30.3 Å². The van der Waals surface area contributed by atoms with E-state index in [1.165, 1.54) is 0 Å². The van der Waals surface area contributed by atoms with Crippen LogP contribution in [0.4, 0.5) is 0 Å². The van der Waals surface area contributed by atoms with Crippen LogP contribution in [0, 0.1) is 12.3 Å². The molecule has 0 unspecified atom stereocenters. The lowest BCUT2D eigenvalue weighted by atomic mass is 9.93. The van der Waals surface area contributed by atoms with Gasteiger partial charge in [0, 0.05) is 13.1 Å². The summed E-state index contributed by atoms with van der Waals surface area (Å²) in [6.45, 7) is 7.48. The van der Waals surface area contributed by atoms with Gasteiger partial charge in [-0.2, -0.15) is 0 Å². The van der Waals surface area contributed by atoms with Crippen LogP contribution < -0.4 is 5.32 Å². The number of nitrogens with zero attached hydrogens (tertiary/aromatic N) is 3. The third-order valence-electron chi connectivity index (χ3n) is 2.27. The molecule has 17 heavy (non-hydrogen) atoms. The van der Waals surface area contributed by atoms with Crippen LogP contribution in [0.3, 0.4) is 0 Å². The quantitative estimate of drug-likeness (QED) is 0.781. The van der Waals surface area contributed by atoms with Gasteiger partial charge in [-0.3, -0.25) is 9.89 Å². The van der Waals surface area contributed by atoms with Gasteiger partial charge in [0.2, 0.25) is 5.82 Å². The lowest BCUT2D eigenvalue weighted by Crippen LogP contribution is -2.40. The van der Waals surface area contributed by atoms with E-state index < -0.39 is 0 Å². The van der Waals surface area contributed by atoms with E-state index in [1.807, 2.05) is 14.1 Å². The number of hydrogen-bond acceptors (Lipinski definition) is 4. The molecule has 0 aliphatic heterocycles. The van der Waals surface area contributed by atoms with Gasteiger partial charge in [-0.15, -0.1) is 5.10 Å². The van der Waals surface area contributed by atoms with Gasteiger partial charge < -0.3 is 10.2 Å². The highest BCUT2D eigenvalue weighted by molar-refractivity contribution is 5.90. The Bertz CT molecular complexity index is 383. The Morgan fingerprint density at radius 1 is 1.47 bits per heavy atom. The molecule has 0 spiro atoms. The maximum absolute atomic E-state index is 11.7. The van der Waals surface area contributed by atoms with Crippen molar-refractivity contribution in [2.45, 2.75) is 20.8 Å². The minimum Gasteiger partial charge on any atom is -0.349 e. The Hall–Kier alpha value is -1.43. The third kappa shape index (κ3) is 4.52. The predicted molar refractivity (Wildman–Crippen MR) is 65.8 cm³/mol. The molecule has 6 heteroatoms. The summed E-state index contributed by atoms with van der Waals surface area (Å²) in [6, 6.07) is 0. The molecule has 1 amide bonds. The minimum absolute atomic E-state index is 0.0184. The third-order valence-corrected chi connectivity index (χ3v) is 2.27. The largest absolute Gasteiger partial charge is 0.349 e. The number of nitrogens with one attached hydrogen (secondary N) is 2. The van der Waals surface area contributed by atoms with E-state index in [2.05, 4.69) is 39.2 Å².